The molecule has 4 nitrogen and oxygen atoms in total. The minimum atomic E-state index is 0.616. The summed E-state index contributed by atoms with van der Waals surface area (Å²) < 4.78 is 5.94. The molecule has 0 bridgehead atoms. The van der Waals surface area contributed by atoms with Gasteiger partial charge in [-0.25, -0.2) is 15.0 Å². The van der Waals surface area contributed by atoms with E-state index >= 15 is 0 Å². The fraction of sp³-hybridized carbons (Fsp3) is 0. The summed E-state index contributed by atoms with van der Waals surface area (Å²) in [6.07, 6.45) is 0. The molecule has 3 aromatic heterocycles. The molecule has 0 aliphatic rings. The molecule has 3 heterocycles. The lowest BCUT2D eigenvalue weighted by atomic mass is 10.0. The minimum absolute atomic E-state index is 0.616. The zero-order valence-electron chi connectivity index (χ0n) is 20.9. The number of fused-ring (bicyclic) bond motifs is 5. The van der Waals surface area contributed by atoms with Gasteiger partial charge in [-0.3, -0.25) is 0 Å². The Labute approximate surface area is 224 Å². The van der Waals surface area contributed by atoms with E-state index in [9.17, 15) is 0 Å². The Bertz CT molecular complexity index is 2140. The zero-order valence-corrected chi connectivity index (χ0v) is 20.9. The molecule has 182 valence electrons. The number of benzene rings is 5. The van der Waals surface area contributed by atoms with Gasteiger partial charge in [0, 0.05) is 27.5 Å². The summed E-state index contributed by atoms with van der Waals surface area (Å²) in [5.74, 6) is 0.616. The van der Waals surface area contributed by atoms with Crippen LogP contribution in [0.2, 0.25) is 0 Å². The predicted molar refractivity (Wildman–Crippen MR) is 158 cm³/mol. The molecule has 0 aliphatic heterocycles. The van der Waals surface area contributed by atoms with Crippen LogP contribution in [0.5, 0.6) is 0 Å². The molecule has 0 saturated heterocycles. The Morgan fingerprint density at radius 1 is 0.436 bits per heavy atom. The van der Waals surface area contributed by atoms with Crippen LogP contribution in [-0.4, -0.2) is 15.0 Å². The van der Waals surface area contributed by atoms with Gasteiger partial charge in [0.15, 0.2) is 5.58 Å². The number of pyridine rings is 2. The third-order valence-electron chi connectivity index (χ3n) is 7.31. The van der Waals surface area contributed by atoms with E-state index in [1.54, 1.807) is 0 Å². The highest BCUT2D eigenvalue weighted by Gasteiger charge is 2.12. The second-order valence-corrected chi connectivity index (χ2v) is 9.69. The van der Waals surface area contributed by atoms with E-state index in [1.165, 1.54) is 10.8 Å². The Morgan fingerprint density at radius 2 is 1.08 bits per heavy atom. The van der Waals surface area contributed by atoms with Crippen molar-refractivity contribution < 1.29 is 4.42 Å². The number of para-hydroxylation sites is 2. The summed E-state index contributed by atoms with van der Waals surface area (Å²) in [5, 5.41) is 4.54. The fourth-order valence-corrected chi connectivity index (χ4v) is 5.31. The highest BCUT2D eigenvalue weighted by atomic mass is 16.3. The summed E-state index contributed by atoms with van der Waals surface area (Å²) in [4.78, 5) is 14.9. The van der Waals surface area contributed by atoms with E-state index in [2.05, 4.69) is 96.0 Å². The van der Waals surface area contributed by atoms with Crippen LogP contribution >= 0.6 is 0 Å². The Balaban J connectivity index is 1.23. The predicted octanol–water partition coefficient (Wildman–Crippen LogP) is 9.08. The van der Waals surface area contributed by atoms with Crippen molar-refractivity contribution >= 4 is 43.7 Å². The van der Waals surface area contributed by atoms with Crippen molar-refractivity contribution in [3.63, 3.8) is 0 Å². The van der Waals surface area contributed by atoms with E-state index in [-0.39, 0.29) is 0 Å². The van der Waals surface area contributed by atoms with E-state index in [0.29, 0.717) is 5.89 Å². The van der Waals surface area contributed by atoms with Gasteiger partial charge in [0.25, 0.3) is 0 Å². The first-order valence-corrected chi connectivity index (χ1v) is 13.0. The zero-order chi connectivity index (χ0) is 25.8. The van der Waals surface area contributed by atoms with Crippen LogP contribution in [0.3, 0.4) is 0 Å². The monoisotopic (exact) mass is 499 g/mol. The van der Waals surface area contributed by atoms with Crippen molar-refractivity contribution in [2.24, 2.45) is 0 Å². The largest absolute Gasteiger partial charge is 0.436 e. The van der Waals surface area contributed by atoms with Gasteiger partial charge in [-0.2, -0.15) is 0 Å². The molecular weight excluding hydrogens is 478 g/mol. The molecule has 0 fully saturated rings. The lowest BCUT2D eigenvalue weighted by Gasteiger charge is -2.10. The van der Waals surface area contributed by atoms with Gasteiger partial charge in [-0.15, -0.1) is 0 Å². The summed E-state index contributed by atoms with van der Waals surface area (Å²) in [6, 6.07) is 43.5. The summed E-state index contributed by atoms with van der Waals surface area (Å²) in [6.45, 7) is 0. The Morgan fingerprint density at radius 3 is 1.90 bits per heavy atom. The molecule has 0 spiro atoms. The van der Waals surface area contributed by atoms with E-state index < -0.39 is 0 Å². The second-order valence-electron chi connectivity index (χ2n) is 9.69. The van der Waals surface area contributed by atoms with Crippen LogP contribution < -0.4 is 0 Å². The number of oxazole rings is 1. The average Bonchev–Trinajstić information content (AvgIpc) is 3.45. The van der Waals surface area contributed by atoms with Gasteiger partial charge in [0.1, 0.15) is 5.52 Å². The van der Waals surface area contributed by atoms with Gasteiger partial charge in [-0.05, 0) is 47.2 Å². The van der Waals surface area contributed by atoms with Gasteiger partial charge in [-0.1, -0.05) is 91.0 Å². The van der Waals surface area contributed by atoms with Gasteiger partial charge in [0.05, 0.1) is 22.4 Å². The Hall–Kier alpha value is -5.35. The molecule has 0 saturated carbocycles. The molecular formula is C35H21N3O. The smallest absolute Gasteiger partial charge is 0.227 e. The van der Waals surface area contributed by atoms with Crippen LogP contribution in [0, 0.1) is 0 Å². The number of aromatic nitrogens is 3. The first-order chi connectivity index (χ1) is 19.3. The van der Waals surface area contributed by atoms with Gasteiger partial charge in [0.2, 0.25) is 5.89 Å². The van der Waals surface area contributed by atoms with Crippen LogP contribution in [0.4, 0.5) is 0 Å². The minimum Gasteiger partial charge on any atom is -0.436 e. The van der Waals surface area contributed by atoms with Crippen molar-refractivity contribution in [1.82, 2.24) is 15.0 Å². The average molecular weight is 500 g/mol. The number of hydrogen-bond donors (Lipinski definition) is 0. The highest BCUT2D eigenvalue weighted by molar-refractivity contribution is 6.05. The van der Waals surface area contributed by atoms with Crippen LogP contribution in [0.15, 0.2) is 132 Å². The molecule has 0 unspecified atom stereocenters. The molecule has 0 aliphatic carbocycles. The van der Waals surface area contributed by atoms with Crippen molar-refractivity contribution in [3.8, 4) is 34.0 Å². The molecule has 8 rings (SSSR count). The summed E-state index contributed by atoms with van der Waals surface area (Å²) in [7, 11) is 0. The maximum absolute atomic E-state index is 5.94. The standard InChI is InChI=1S/C35H21N3O/c1-2-8-27-22(6-1)7-5-9-28(27)30-21-19-25-15-14-24-18-20-29(36-33(24)34(25)37-30)23-12-16-26(17-13-23)35-38-31-10-3-4-11-32(31)39-35/h1-21H. The summed E-state index contributed by atoms with van der Waals surface area (Å²) >= 11 is 0. The SMILES string of the molecule is c1ccc2c(-c3ccc4ccc5ccc(-c6ccc(-c7nc8ccccc8o7)cc6)nc5c4n3)cccc2c1. The normalized spacial score (nSPS) is 11.6. The lowest BCUT2D eigenvalue weighted by molar-refractivity contribution is 0.620. The Kier molecular flexibility index (Phi) is 4.79. The van der Waals surface area contributed by atoms with E-state index in [4.69, 9.17) is 14.4 Å². The number of nitrogens with zero attached hydrogens (tertiary/aromatic N) is 3. The van der Waals surface area contributed by atoms with Crippen LogP contribution in [-0.2, 0) is 0 Å². The van der Waals surface area contributed by atoms with Crippen molar-refractivity contribution in [2.75, 3.05) is 0 Å². The molecule has 0 atom stereocenters. The lowest BCUT2D eigenvalue weighted by Crippen LogP contribution is -1.91. The van der Waals surface area contributed by atoms with Crippen molar-refractivity contribution in [1.29, 1.82) is 0 Å². The molecule has 0 amide bonds. The third-order valence-corrected chi connectivity index (χ3v) is 7.31. The quantitative estimate of drug-likeness (QED) is 0.228. The first-order valence-electron chi connectivity index (χ1n) is 13.0. The maximum atomic E-state index is 5.94. The maximum Gasteiger partial charge on any atom is 0.227 e. The molecule has 5 aromatic carbocycles. The van der Waals surface area contributed by atoms with Crippen molar-refractivity contribution in [3.05, 3.63) is 127 Å². The molecule has 39 heavy (non-hydrogen) atoms. The van der Waals surface area contributed by atoms with Gasteiger partial charge < -0.3 is 4.42 Å². The molecule has 0 radical (unpaired) electrons. The second kappa shape index (κ2) is 8.61. The fourth-order valence-electron chi connectivity index (χ4n) is 5.31. The third kappa shape index (κ3) is 3.65. The topological polar surface area (TPSA) is 51.8 Å². The molecule has 0 N–H and O–H groups in total. The molecule has 4 heteroatoms. The van der Waals surface area contributed by atoms with E-state index in [0.717, 1.165) is 61.0 Å². The first kappa shape index (κ1) is 21.7. The van der Waals surface area contributed by atoms with E-state index in [1.807, 2.05) is 36.4 Å². The van der Waals surface area contributed by atoms with Crippen LogP contribution in [0.1, 0.15) is 0 Å². The highest BCUT2D eigenvalue weighted by Crippen LogP contribution is 2.32. The van der Waals surface area contributed by atoms with Crippen LogP contribution in [0.25, 0.3) is 77.6 Å². The number of rotatable bonds is 3. The van der Waals surface area contributed by atoms with Gasteiger partial charge >= 0.3 is 0 Å². The van der Waals surface area contributed by atoms with Crippen molar-refractivity contribution in [2.45, 2.75) is 0 Å². The molecule has 8 aromatic rings. The summed E-state index contributed by atoms with van der Waals surface area (Å²) in [5.41, 5.74) is 8.38. The number of hydrogen-bond acceptors (Lipinski definition) is 4.